The first-order chi connectivity index (χ1) is 13.9. The molecule has 1 amide bonds. The largest absolute Gasteiger partial charge is 0.377 e. The molecular formula is C20H27FN6O2. The van der Waals surface area contributed by atoms with Crippen molar-refractivity contribution in [1.82, 2.24) is 15.5 Å². The molecule has 0 spiro atoms. The molecule has 1 aliphatic heterocycles. The number of carbonyl (C=O) groups excluding carboxylic acids is 1. The van der Waals surface area contributed by atoms with Crippen molar-refractivity contribution in [2.45, 2.75) is 38.8 Å². The lowest BCUT2D eigenvalue weighted by atomic mass is 10.0. The molecule has 3 N–H and O–H groups in total. The van der Waals surface area contributed by atoms with Crippen LogP contribution in [0, 0.1) is 22.7 Å². The van der Waals surface area contributed by atoms with Crippen molar-refractivity contribution in [2.24, 2.45) is 4.99 Å². The highest BCUT2D eigenvalue weighted by atomic mass is 19.1. The molecule has 1 fully saturated rings. The van der Waals surface area contributed by atoms with Crippen LogP contribution in [0.5, 0.6) is 0 Å². The minimum atomic E-state index is -0.598. The maximum Gasteiger partial charge on any atom is 0.223 e. The summed E-state index contributed by atoms with van der Waals surface area (Å²) in [5.74, 6) is -0.171. The third kappa shape index (κ3) is 6.84. The lowest BCUT2D eigenvalue weighted by molar-refractivity contribution is -0.128. The van der Waals surface area contributed by atoms with Gasteiger partial charge in [0.15, 0.2) is 6.19 Å². The molecule has 1 aromatic rings. The fourth-order valence-electron chi connectivity index (χ4n) is 3.00. The average molecular weight is 402 g/mol. The second-order valence-corrected chi connectivity index (χ2v) is 6.90. The summed E-state index contributed by atoms with van der Waals surface area (Å²) in [6, 6.07) is 5.01. The highest BCUT2D eigenvalue weighted by Crippen LogP contribution is 2.18. The first kappa shape index (κ1) is 22.3. The minimum absolute atomic E-state index is 0.0369. The van der Waals surface area contributed by atoms with Gasteiger partial charge in [0, 0.05) is 19.5 Å². The van der Waals surface area contributed by atoms with Crippen molar-refractivity contribution in [3.63, 3.8) is 0 Å². The van der Waals surface area contributed by atoms with Crippen molar-refractivity contribution < 1.29 is 13.9 Å². The summed E-state index contributed by atoms with van der Waals surface area (Å²) in [4.78, 5) is 18.3. The summed E-state index contributed by atoms with van der Waals surface area (Å²) in [5, 5.41) is 23.0. The van der Waals surface area contributed by atoms with Gasteiger partial charge in [0.05, 0.1) is 31.0 Å². The molecule has 1 unspecified atom stereocenters. The van der Waals surface area contributed by atoms with Crippen molar-refractivity contribution in [2.75, 3.05) is 26.2 Å². The van der Waals surface area contributed by atoms with E-state index in [-0.39, 0.29) is 36.0 Å². The number of hydrogen-bond acceptors (Lipinski definition) is 5. The Morgan fingerprint density at radius 2 is 2.14 bits per heavy atom. The summed E-state index contributed by atoms with van der Waals surface area (Å²) in [6.45, 7) is 5.41. The van der Waals surface area contributed by atoms with Gasteiger partial charge in [-0.1, -0.05) is 12.1 Å². The van der Waals surface area contributed by atoms with E-state index in [1.807, 2.05) is 20.0 Å². The molecule has 0 aromatic heterocycles. The summed E-state index contributed by atoms with van der Waals surface area (Å²) >= 11 is 0. The Morgan fingerprint density at radius 1 is 1.41 bits per heavy atom. The number of nitrogens with one attached hydrogen (secondary N) is 3. The van der Waals surface area contributed by atoms with Gasteiger partial charge in [0.2, 0.25) is 11.9 Å². The normalized spacial score (nSPS) is 15.3. The van der Waals surface area contributed by atoms with Crippen LogP contribution >= 0.6 is 0 Å². The van der Waals surface area contributed by atoms with E-state index in [9.17, 15) is 9.18 Å². The lowest BCUT2D eigenvalue weighted by Gasteiger charge is -2.27. The smallest absolute Gasteiger partial charge is 0.223 e. The Hall–Kier alpha value is -2.99. The Morgan fingerprint density at radius 3 is 2.72 bits per heavy atom. The van der Waals surface area contributed by atoms with E-state index in [2.05, 4.69) is 15.6 Å². The second kappa shape index (κ2) is 11.1. The number of aliphatic imine (C=N–C) groups is 1. The molecule has 9 heteroatoms. The predicted octanol–water partition coefficient (Wildman–Crippen LogP) is 1.63. The van der Waals surface area contributed by atoms with E-state index in [0.717, 1.165) is 6.42 Å². The van der Waals surface area contributed by atoms with Gasteiger partial charge in [-0.25, -0.2) is 9.38 Å². The number of halogens is 1. The van der Waals surface area contributed by atoms with E-state index >= 15 is 0 Å². The van der Waals surface area contributed by atoms with Gasteiger partial charge in [-0.2, -0.15) is 5.26 Å². The predicted molar refractivity (Wildman–Crippen MR) is 108 cm³/mol. The zero-order valence-corrected chi connectivity index (χ0v) is 16.7. The second-order valence-electron chi connectivity index (χ2n) is 6.90. The molecule has 8 nitrogen and oxygen atoms in total. The van der Waals surface area contributed by atoms with Gasteiger partial charge in [-0.15, -0.1) is 0 Å². The van der Waals surface area contributed by atoms with Crippen LogP contribution in [0.1, 0.15) is 32.3 Å². The lowest BCUT2D eigenvalue weighted by Crippen LogP contribution is -2.45. The van der Waals surface area contributed by atoms with Crippen LogP contribution in [0.3, 0.4) is 0 Å². The van der Waals surface area contributed by atoms with E-state index in [1.165, 1.54) is 24.3 Å². The zero-order valence-electron chi connectivity index (χ0n) is 16.7. The third-order valence-corrected chi connectivity index (χ3v) is 4.42. The fourth-order valence-corrected chi connectivity index (χ4v) is 3.00. The monoisotopic (exact) mass is 402 g/mol. The van der Waals surface area contributed by atoms with E-state index in [4.69, 9.17) is 15.4 Å². The number of nitrogens with zero attached hydrogens (tertiary/aromatic N) is 3. The van der Waals surface area contributed by atoms with E-state index in [1.54, 1.807) is 4.90 Å². The van der Waals surface area contributed by atoms with Gasteiger partial charge in [0.1, 0.15) is 5.82 Å². The van der Waals surface area contributed by atoms with Crippen LogP contribution < -0.4 is 10.6 Å². The molecule has 1 atom stereocenters. The van der Waals surface area contributed by atoms with E-state index in [0.29, 0.717) is 31.7 Å². The Kier molecular flexibility index (Phi) is 8.55. The Labute approximate surface area is 170 Å². The molecule has 0 bridgehead atoms. The van der Waals surface area contributed by atoms with Gasteiger partial charge in [0.25, 0.3) is 0 Å². The topological polar surface area (TPSA) is 114 Å². The highest BCUT2D eigenvalue weighted by Gasteiger charge is 2.31. The van der Waals surface area contributed by atoms with Crippen LogP contribution in [0.15, 0.2) is 29.3 Å². The molecule has 156 valence electrons. The maximum absolute atomic E-state index is 13.2. The molecule has 0 radical (unpaired) electrons. The van der Waals surface area contributed by atoms with E-state index < -0.39 is 6.04 Å². The maximum atomic E-state index is 13.2. The first-order valence-corrected chi connectivity index (χ1v) is 9.61. The molecule has 29 heavy (non-hydrogen) atoms. The van der Waals surface area contributed by atoms with Crippen molar-refractivity contribution in [1.29, 1.82) is 10.7 Å². The summed E-state index contributed by atoms with van der Waals surface area (Å²) in [6.07, 6.45) is 3.09. The first-order valence-electron chi connectivity index (χ1n) is 9.61. The molecule has 1 aliphatic rings. The summed E-state index contributed by atoms with van der Waals surface area (Å²) in [7, 11) is 0. The molecule has 1 aromatic carbocycles. The van der Waals surface area contributed by atoms with Crippen LogP contribution in [0.2, 0.25) is 0 Å². The zero-order chi connectivity index (χ0) is 21.2. The molecule has 2 rings (SSSR count). The van der Waals surface area contributed by atoms with Crippen molar-refractivity contribution in [3.8, 4) is 6.19 Å². The number of hydrogen-bond donors (Lipinski definition) is 3. The Bertz CT molecular complexity index is 772. The summed E-state index contributed by atoms with van der Waals surface area (Å²) in [5.41, 5.74) is 0.711. The molecule has 1 saturated heterocycles. The average Bonchev–Trinajstić information content (AvgIpc) is 3.11. The number of rotatable bonds is 9. The number of ether oxygens (including phenoxy) is 1. The molecule has 0 saturated carbocycles. The molecule has 0 aliphatic carbocycles. The van der Waals surface area contributed by atoms with Crippen LogP contribution in [0.25, 0.3) is 0 Å². The number of benzene rings is 1. The van der Waals surface area contributed by atoms with Crippen molar-refractivity contribution in [3.05, 3.63) is 35.6 Å². The standard InChI is InChI=1S/C20H27FN6O2/c1-14(2)29-11-9-24-20(26-13-22)25-12-17(27-10-3-4-18(27)28)19(23)15-5-7-16(21)8-6-15/h5-8,14,17,23H,3-4,9-12H2,1-2H3,(H2,24,25,26). The molecule has 1 heterocycles. The van der Waals surface area contributed by atoms with Gasteiger partial charge >= 0.3 is 0 Å². The van der Waals surface area contributed by atoms with Crippen LogP contribution in [0.4, 0.5) is 4.39 Å². The number of guanidine groups is 1. The summed E-state index contributed by atoms with van der Waals surface area (Å²) < 4.78 is 18.7. The number of amides is 1. The number of nitriles is 1. The fraction of sp³-hybridized carbons (Fsp3) is 0.500. The SMILES string of the molecule is CC(C)OCCNC(=NCC(C(=N)c1ccc(F)cc1)N1CCCC1=O)NC#N. The Balaban J connectivity index is 2.13. The molecular weight excluding hydrogens is 375 g/mol. The van der Waals surface area contributed by atoms with Crippen molar-refractivity contribution >= 4 is 17.6 Å². The van der Waals surface area contributed by atoms with Gasteiger partial charge in [-0.3, -0.25) is 10.1 Å². The third-order valence-electron chi connectivity index (χ3n) is 4.42. The van der Waals surface area contributed by atoms with Gasteiger partial charge in [-0.05, 0) is 38.0 Å². The van der Waals surface area contributed by atoms with Crippen LogP contribution in [-0.4, -0.2) is 60.9 Å². The number of likely N-dealkylation sites (tertiary alicyclic amines) is 1. The van der Waals surface area contributed by atoms with Crippen LogP contribution in [-0.2, 0) is 9.53 Å². The van der Waals surface area contributed by atoms with Gasteiger partial charge < -0.3 is 20.4 Å². The quantitative estimate of drug-likeness (QED) is 0.191. The number of carbonyl (C=O) groups is 1. The highest BCUT2D eigenvalue weighted by molar-refractivity contribution is 6.04. The minimum Gasteiger partial charge on any atom is -0.377 e.